The average Bonchev–Trinajstić information content (AvgIpc) is 3.10. The van der Waals surface area contributed by atoms with Crippen LogP contribution in [-0.4, -0.2) is 44.0 Å². The van der Waals surface area contributed by atoms with Crippen molar-refractivity contribution in [1.29, 1.82) is 0 Å². The van der Waals surface area contributed by atoms with Crippen LogP contribution in [0.15, 0.2) is 133 Å². The van der Waals surface area contributed by atoms with Crippen LogP contribution in [0.1, 0.15) is 28.4 Å². The van der Waals surface area contributed by atoms with Crippen molar-refractivity contribution in [2.45, 2.75) is 19.4 Å². The summed E-state index contributed by atoms with van der Waals surface area (Å²) >= 11 is 0. The van der Waals surface area contributed by atoms with Crippen molar-refractivity contribution in [2.75, 3.05) is 30.5 Å². The highest BCUT2D eigenvalue weighted by Gasteiger charge is 2.23. The predicted molar refractivity (Wildman–Crippen MR) is 182 cm³/mol. The molecule has 5 aromatic carbocycles. The molecule has 0 radical (unpaired) electrons. The zero-order chi connectivity index (χ0) is 32.5. The fourth-order valence-electron chi connectivity index (χ4n) is 5.21. The van der Waals surface area contributed by atoms with Gasteiger partial charge in [0.2, 0.25) is 0 Å². The largest absolute Gasteiger partial charge is 0.492 e. The average molecular weight is 613 g/mol. The minimum absolute atomic E-state index is 0.141. The maximum absolute atomic E-state index is 13.2. The summed E-state index contributed by atoms with van der Waals surface area (Å²) in [6.45, 7) is 6.15. The van der Waals surface area contributed by atoms with Gasteiger partial charge in [-0.2, -0.15) is 0 Å². The number of hydrogen-bond donors (Lipinski definition) is 1. The van der Waals surface area contributed by atoms with E-state index in [1.165, 1.54) is 7.11 Å². The van der Waals surface area contributed by atoms with Gasteiger partial charge in [0.15, 0.2) is 5.78 Å². The summed E-state index contributed by atoms with van der Waals surface area (Å²) in [4.78, 5) is 40.7. The standard InChI is InChI=1S/C39H36N2O5/c1-27(2)38(43)41(32-20-19-29-11-7-8-14-31(29)26-32)23-24-46-33-21-17-28(18-22-33)25-36(39(44)45-3)40-35-16-10-9-15-34(35)37(42)30-12-5-4-6-13-30/h4-22,26,36,40H,1,23-25H2,2-3H3/t36-/m0/s1. The molecule has 0 spiro atoms. The van der Waals surface area contributed by atoms with E-state index in [0.29, 0.717) is 41.1 Å². The van der Waals surface area contributed by atoms with Crippen molar-refractivity contribution in [1.82, 2.24) is 0 Å². The molecule has 5 rings (SSSR count). The molecule has 0 saturated carbocycles. The van der Waals surface area contributed by atoms with Crippen molar-refractivity contribution in [3.63, 3.8) is 0 Å². The molecule has 1 amide bonds. The van der Waals surface area contributed by atoms with Gasteiger partial charge in [0, 0.05) is 34.5 Å². The van der Waals surface area contributed by atoms with E-state index in [9.17, 15) is 14.4 Å². The van der Waals surface area contributed by atoms with Crippen LogP contribution in [0, 0.1) is 0 Å². The zero-order valence-corrected chi connectivity index (χ0v) is 25.9. The molecule has 0 bridgehead atoms. The maximum atomic E-state index is 13.2. The summed E-state index contributed by atoms with van der Waals surface area (Å²) in [5.41, 5.74) is 3.67. The summed E-state index contributed by atoms with van der Waals surface area (Å²) in [5, 5.41) is 5.37. The molecule has 0 aliphatic heterocycles. The SMILES string of the molecule is C=C(C)C(=O)N(CCOc1ccc(C[C@H](Nc2ccccc2C(=O)c2ccccc2)C(=O)OC)cc1)c1ccc2ccccc2c1. The Balaban J connectivity index is 1.25. The molecule has 0 saturated heterocycles. The number of methoxy groups -OCH3 is 1. The van der Waals surface area contributed by atoms with Crippen molar-refractivity contribution >= 4 is 39.8 Å². The van der Waals surface area contributed by atoms with Gasteiger partial charge < -0.3 is 19.7 Å². The second-order valence-corrected chi connectivity index (χ2v) is 10.9. The lowest BCUT2D eigenvalue weighted by Crippen LogP contribution is -2.35. The highest BCUT2D eigenvalue weighted by atomic mass is 16.5. The van der Waals surface area contributed by atoms with E-state index in [1.807, 2.05) is 91.0 Å². The minimum Gasteiger partial charge on any atom is -0.492 e. The smallest absolute Gasteiger partial charge is 0.328 e. The fourth-order valence-corrected chi connectivity index (χ4v) is 5.21. The Bertz CT molecular complexity index is 1850. The Morgan fingerprint density at radius 3 is 2.20 bits per heavy atom. The Morgan fingerprint density at radius 1 is 0.804 bits per heavy atom. The fraction of sp³-hybridized carbons (Fsp3) is 0.154. The first-order valence-electron chi connectivity index (χ1n) is 15.0. The van der Waals surface area contributed by atoms with Gasteiger partial charge in [-0.3, -0.25) is 9.59 Å². The molecule has 232 valence electrons. The van der Waals surface area contributed by atoms with Crippen LogP contribution in [-0.2, 0) is 20.7 Å². The number of carbonyl (C=O) groups excluding carboxylic acids is 3. The number of amides is 1. The van der Waals surface area contributed by atoms with E-state index < -0.39 is 12.0 Å². The third-order valence-electron chi connectivity index (χ3n) is 7.62. The number of esters is 1. The summed E-state index contributed by atoms with van der Waals surface area (Å²) in [6.07, 6.45) is 0.323. The van der Waals surface area contributed by atoms with Gasteiger partial charge in [-0.1, -0.05) is 91.5 Å². The summed E-state index contributed by atoms with van der Waals surface area (Å²) < 4.78 is 11.1. The third-order valence-corrected chi connectivity index (χ3v) is 7.62. The molecule has 0 aromatic heterocycles. The first-order chi connectivity index (χ1) is 22.3. The van der Waals surface area contributed by atoms with Crippen molar-refractivity contribution < 1.29 is 23.9 Å². The Morgan fingerprint density at radius 2 is 1.48 bits per heavy atom. The Kier molecular flexibility index (Phi) is 10.2. The topological polar surface area (TPSA) is 84.9 Å². The highest BCUT2D eigenvalue weighted by Crippen LogP contribution is 2.25. The van der Waals surface area contributed by atoms with Crippen LogP contribution in [0.5, 0.6) is 5.75 Å². The number of carbonyl (C=O) groups is 3. The Labute approximate surface area is 269 Å². The van der Waals surface area contributed by atoms with Crippen LogP contribution >= 0.6 is 0 Å². The molecule has 0 aliphatic rings. The third kappa shape index (κ3) is 7.68. The van der Waals surface area contributed by atoms with Crippen LogP contribution in [0.2, 0.25) is 0 Å². The Hall–Kier alpha value is -5.69. The first-order valence-corrected chi connectivity index (χ1v) is 15.0. The van der Waals surface area contributed by atoms with Crippen LogP contribution in [0.3, 0.4) is 0 Å². The van der Waals surface area contributed by atoms with Gasteiger partial charge in [0.25, 0.3) is 5.91 Å². The number of para-hydroxylation sites is 1. The van der Waals surface area contributed by atoms with Crippen LogP contribution in [0.4, 0.5) is 11.4 Å². The van der Waals surface area contributed by atoms with E-state index in [4.69, 9.17) is 9.47 Å². The monoisotopic (exact) mass is 612 g/mol. The second-order valence-electron chi connectivity index (χ2n) is 10.9. The lowest BCUT2D eigenvalue weighted by molar-refractivity contribution is -0.141. The van der Waals surface area contributed by atoms with Crippen molar-refractivity contribution in [2.24, 2.45) is 0 Å². The molecule has 46 heavy (non-hydrogen) atoms. The molecular weight excluding hydrogens is 576 g/mol. The molecular formula is C39H36N2O5. The number of anilines is 2. The highest BCUT2D eigenvalue weighted by molar-refractivity contribution is 6.12. The van der Waals surface area contributed by atoms with E-state index in [-0.39, 0.29) is 18.3 Å². The van der Waals surface area contributed by atoms with Crippen molar-refractivity contribution in [3.8, 4) is 5.75 Å². The molecule has 0 heterocycles. The van der Waals surface area contributed by atoms with E-state index >= 15 is 0 Å². The molecule has 1 N–H and O–H groups in total. The lowest BCUT2D eigenvalue weighted by atomic mass is 10.00. The maximum Gasteiger partial charge on any atom is 0.328 e. The normalized spacial score (nSPS) is 11.3. The van der Waals surface area contributed by atoms with E-state index in [1.54, 1.807) is 42.2 Å². The number of nitrogens with zero attached hydrogens (tertiary/aromatic N) is 1. The molecule has 1 atom stereocenters. The van der Waals surface area contributed by atoms with Gasteiger partial charge in [-0.25, -0.2) is 4.79 Å². The molecule has 0 unspecified atom stereocenters. The lowest BCUT2D eigenvalue weighted by Gasteiger charge is -2.23. The number of benzene rings is 5. The minimum atomic E-state index is -0.731. The van der Waals surface area contributed by atoms with E-state index in [2.05, 4.69) is 11.9 Å². The molecule has 5 aromatic rings. The van der Waals surface area contributed by atoms with Gasteiger partial charge in [-0.05, 0) is 59.7 Å². The van der Waals surface area contributed by atoms with Crippen molar-refractivity contribution in [3.05, 3.63) is 150 Å². The number of rotatable bonds is 13. The molecule has 0 aliphatic carbocycles. The number of nitrogens with one attached hydrogen (secondary N) is 1. The first kappa shape index (κ1) is 31.7. The van der Waals surface area contributed by atoms with E-state index in [0.717, 1.165) is 22.0 Å². The number of hydrogen-bond acceptors (Lipinski definition) is 6. The summed E-state index contributed by atoms with van der Waals surface area (Å²) in [7, 11) is 1.34. The molecule has 7 nitrogen and oxygen atoms in total. The van der Waals surface area contributed by atoms with Gasteiger partial charge in [0.05, 0.1) is 13.7 Å². The summed E-state index contributed by atoms with van der Waals surface area (Å²) in [5.74, 6) is -0.120. The summed E-state index contributed by atoms with van der Waals surface area (Å²) in [6, 6.07) is 36.8. The second kappa shape index (κ2) is 14.9. The van der Waals surface area contributed by atoms with Crippen LogP contribution < -0.4 is 15.0 Å². The number of ketones is 1. The van der Waals surface area contributed by atoms with Gasteiger partial charge >= 0.3 is 5.97 Å². The predicted octanol–water partition coefficient (Wildman–Crippen LogP) is 7.26. The molecule has 0 fully saturated rings. The quantitative estimate of drug-likeness (QED) is 0.0856. The van der Waals surface area contributed by atoms with Gasteiger partial charge in [-0.15, -0.1) is 0 Å². The molecule has 7 heteroatoms. The van der Waals surface area contributed by atoms with Gasteiger partial charge in [0.1, 0.15) is 18.4 Å². The zero-order valence-electron chi connectivity index (χ0n) is 25.9. The number of fused-ring (bicyclic) bond motifs is 1. The van der Waals surface area contributed by atoms with Crippen LogP contribution in [0.25, 0.3) is 10.8 Å². The number of ether oxygens (including phenoxy) is 2.